The second-order valence-corrected chi connectivity index (χ2v) is 4.01. The molecule has 1 atom stereocenters. The molecule has 0 spiro atoms. The zero-order chi connectivity index (χ0) is 10.5. The van der Waals surface area contributed by atoms with Gasteiger partial charge in [0, 0.05) is 6.54 Å². The van der Waals surface area contributed by atoms with E-state index in [1.807, 2.05) is 13.8 Å². The lowest BCUT2D eigenvalue weighted by Gasteiger charge is -2.23. The first kappa shape index (κ1) is 13.2. The number of hydrogen-bond acceptors (Lipinski definition) is 1. The van der Waals surface area contributed by atoms with Crippen LogP contribution in [-0.4, -0.2) is 35.5 Å². The molecule has 0 saturated heterocycles. The molecule has 0 aliphatic heterocycles. The molecule has 0 fully saturated rings. The molecule has 0 N–H and O–H groups in total. The zero-order valence-corrected chi connectivity index (χ0v) is 9.45. The summed E-state index contributed by atoms with van der Waals surface area (Å²) < 4.78 is 36.3. The Hall–Kier alpha value is 0.230. The lowest BCUT2D eigenvalue weighted by molar-refractivity contribution is -0.130. The monoisotopic (exact) mass is 261 g/mol. The molecule has 0 bridgehead atoms. The Morgan fingerprint density at radius 1 is 1.31 bits per heavy atom. The lowest BCUT2D eigenvalue weighted by Crippen LogP contribution is -2.37. The van der Waals surface area contributed by atoms with E-state index in [1.54, 1.807) is 4.90 Å². The van der Waals surface area contributed by atoms with Gasteiger partial charge in [0.05, 0.1) is 0 Å². The van der Waals surface area contributed by atoms with E-state index in [0.29, 0.717) is 13.1 Å². The minimum Gasteiger partial charge on any atom is -0.302 e. The van der Waals surface area contributed by atoms with Crippen molar-refractivity contribution in [1.29, 1.82) is 0 Å². The van der Waals surface area contributed by atoms with Crippen LogP contribution in [0.3, 0.4) is 0 Å². The predicted molar refractivity (Wildman–Crippen MR) is 51.2 cm³/mol. The first-order chi connectivity index (χ1) is 5.91. The highest BCUT2D eigenvalue weighted by atomic mass is 79.9. The molecule has 5 heteroatoms. The Morgan fingerprint density at radius 3 is 2.15 bits per heavy atom. The third-order valence-corrected chi connectivity index (χ3v) is 2.57. The Bertz CT molecular complexity index is 138. The third-order valence-electron chi connectivity index (χ3n) is 1.76. The van der Waals surface area contributed by atoms with Crippen LogP contribution in [-0.2, 0) is 0 Å². The number of nitrogens with zero attached hydrogens (tertiary/aromatic N) is 1. The van der Waals surface area contributed by atoms with E-state index in [-0.39, 0.29) is 6.54 Å². The lowest BCUT2D eigenvalue weighted by atomic mass is 10.3. The van der Waals surface area contributed by atoms with Gasteiger partial charge >= 0.3 is 6.18 Å². The van der Waals surface area contributed by atoms with Crippen molar-refractivity contribution in [3.8, 4) is 0 Å². The second kappa shape index (κ2) is 5.86. The van der Waals surface area contributed by atoms with Gasteiger partial charge in [-0.1, -0.05) is 29.8 Å². The van der Waals surface area contributed by atoms with Gasteiger partial charge in [-0.3, -0.25) is 0 Å². The maximum atomic E-state index is 12.1. The van der Waals surface area contributed by atoms with Crippen LogP contribution in [0.25, 0.3) is 0 Å². The number of alkyl halides is 4. The summed E-state index contributed by atoms with van der Waals surface area (Å²) in [4.78, 5) is 0.374. The highest BCUT2D eigenvalue weighted by Crippen LogP contribution is 2.26. The second-order valence-electron chi connectivity index (χ2n) is 2.90. The fourth-order valence-corrected chi connectivity index (χ4v) is 1.43. The van der Waals surface area contributed by atoms with E-state index in [9.17, 15) is 13.2 Å². The molecule has 0 radical (unpaired) electrons. The summed E-state index contributed by atoms with van der Waals surface area (Å²) in [6.45, 7) is 5.24. The summed E-state index contributed by atoms with van der Waals surface area (Å²) >= 11 is 2.64. The molecule has 80 valence electrons. The van der Waals surface area contributed by atoms with Crippen molar-refractivity contribution in [3.05, 3.63) is 0 Å². The fraction of sp³-hybridized carbons (Fsp3) is 1.00. The average molecular weight is 262 g/mol. The summed E-state index contributed by atoms with van der Waals surface area (Å²) in [6, 6.07) is 0. The van der Waals surface area contributed by atoms with Gasteiger partial charge in [-0.05, 0) is 19.5 Å². The molecule has 0 saturated carbocycles. The van der Waals surface area contributed by atoms with Crippen molar-refractivity contribution in [2.75, 3.05) is 19.6 Å². The van der Waals surface area contributed by atoms with Crippen LogP contribution < -0.4 is 0 Å². The minimum atomic E-state index is -4.14. The molecule has 13 heavy (non-hydrogen) atoms. The van der Waals surface area contributed by atoms with Crippen LogP contribution in [0.5, 0.6) is 0 Å². The average Bonchev–Trinajstić information content (AvgIpc) is 2.01. The molecule has 0 aromatic carbocycles. The van der Waals surface area contributed by atoms with Gasteiger partial charge in [-0.15, -0.1) is 0 Å². The Balaban J connectivity index is 3.93. The first-order valence-electron chi connectivity index (χ1n) is 4.34. The maximum Gasteiger partial charge on any atom is 0.402 e. The van der Waals surface area contributed by atoms with E-state index in [0.717, 1.165) is 6.42 Å². The van der Waals surface area contributed by atoms with Gasteiger partial charge < -0.3 is 4.90 Å². The van der Waals surface area contributed by atoms with Crippen LogP contribution in [0, 0.1) is 0 Å². The number of halogens is 4. The molecule has 0 aliphatic carbocycles. The topological polar surface area (TPSA) is 3.24 Å². The predicted octanol–water partition coefficient (Wildman–Crippen LogP) is 3.04. The van der Waals surface area contributed by atoms with Crippen LogP contribution >= 0.6 is 15.9 Å². The smallest absolute Gasteiger partial charge is 0.302 e. The molecule has 0 heterocycles. The Kier molecular flexibility index (Phi) is 5.96. The SMILES string of the molecule is CCCN(CC)CC(Br)C(F)(F)F. The van der Waals surface area contributed by atoms with Gasteiger partial charge in [-0.2, -0.15) is 13.2 Å². The maximum absolute atomic E-state index is 12.1. The first-order valence-corrected chi connectivity index (χ1v) is 5.26. The quantitative estimate of drug-likeness (QED) is 0.688. The van der Waals surface area contributed by atoms with E-state index in [1.165, 1.54) is 0 Å². The van der Waals surface area contributed by atoms with Gasteiger partial charge in [0.2, 0.25) is 0 Å². The van der Waals surface area contributed by atoms with Gasteiger partial charge in [0.15, 0.2) is 0 Å². The minimum absolute atomic E-state index is 0.0356. The van der Waals surface area contributed by atoms with Crippen LogP contribution in [0.15, 0.2) is 0 Å². The standard InChI is InChI=1S/C8H15BrF3N/c1-3-5-13(4-2)6-7(9)8(10,11)12/h7H,3-6H2,1-2H3. The van der Waals surface area contributed by atoms with E-state index >= 15 is 0 Å². The van der Waals surface area contributed by atoms with Crippen molar-refractivity contribution >= 4 is 15.9 Å². The summed E-state index contributed by atoms with van der Waals surface area (Å²) in [6.07, 6.45) is -3.26. The number of hydrogen-bond donors (Lipinski definition) is 0. The van der Waals surface area contributed by atoms with Crippen molar-refractivity contribution in [2.24, 2.45) is 0 Å². The molecule has 0 rings (SSSR count). The molecule has 0 aliphatic rings. The van der Waals surface area contributed by atoms with Crippen molar-refractivity contribution in [3.63, 3.8) is 0 Å². The summed E-state index contributed by atoms with van der Waals surface area (Å²) in [5.74, 6) is 0. The van der Waals surface area contributed by atoms with E-state index in [2.05, 4.69) is 15.9 Å². The van der Waals surface area contributed by atoms with Crippen molar-refractivity contribution in [1.82, 2.24) is 4.90 Å². The van der Waals surface area contributed by atoms with Crippen LogP contribution in [0.4, 0.5) is 13.2 Å². The Morgan fingerprint density at radius 2 is 1.85 bits per heavy atom. The van der Waals surface area contributed by atoms with Crippen molar-refractivity contribution in [2.45, 2.75) is 31.3 Å². The summed E-state index contributed by atoms with van der Waals surface area (Å²) in [5.41, 5.74) is 0. The van der Waals surface area contributed by atoms with Crippen LogP contribution in [0.1, 0.15) is 20.3 Å². The van der Waals surface area contributed by atoms with Gasteiger partial charge in [0.1, 0.15) is 4.83 Å². The van der Waals surface area contributed by atoms with Crippen LogP contribution in [0.2, 0.25) is 0 Å². The van der Waals surface area contributed by atoms with Gasteiger partial charge in [0.25, 0.3) is 0 Å². The fourth-order valence-electron chi connectivity index (χ4n) is 1.02. The molecule has 0 amide bonds. The normalized spacial score (nSPS) is 15.0. The molecular weight excluding hydrogens is 247 g/mol. The molecule has 1 nitrogen and oxygen atoms in total. The molecular formula is C8H15BrF3N. The molecule has 1 unspecified atom stereocenters. The Labute approximate surface area is 85.4 Å². The highest BCUT2D eigenvalue weighted by molar-refractivity contribution is 9.09. The summed E-state index contributed by atoms with van der Waals surface area (Å²) in [7, 11) is 0. The van der Waals surface area contributed by atoms with Gasteiger partial charge in [-0.25, -0.2) is 0 Å². The number of rotatable bonds is 5. The molecule has 0 aromatic heterocycles. The zero-order valence-electron chi connectivity index (χ0n) is 7.86. The summed E-state index contributed by atoms with van der Waals surface area (Å²) in [5, 5.41) is 0. The van der Waals surface area contributed by atoms with E-state index < -0.39 is 11.0 Å². The third kappa shape index (κ3) is 5.52. The highest BCUT2D eigenvalue weighted by Gasteiger charge is 2.38. The molecule has 0 aromatic rings. The largest absolute Gasteiger partial charge is 0.402 e. The van der Waals surface area contributed by atoms with E-state index in [4.69, 9.17) is 0 Å². The van der Waals surface area contributed by atoms with Crippen molar-refractivity contribution < 1.29 is 13.2 Å².